The van der Waals surface area contributed by atoms with Gasteiger partial charge in [-0.3, -0.25) is 4.79 Å². The highest BCUT2D eigenvalue weighted by Crippen LogP contribution is 2.31. The second-order valence-electron chi connectivity index (χ2n) is 4.03. The lowest BCUT2D eigenvalue weighted by Crippen LogP contribution is -2.51. The summed E-state index contributed by atoms with van der Waals surface area (Å²) < 4.78 is 26.0. The van der Waals surface area contributed by atoms with Gasteiger partial charge in [-0.2, -0.15) is 0 Å². The van der Waals surface area contributed by atoms with Crippen molar-refractivity contribution in [1.82, 2.24) is 5.32 Å². The third-order valence-corrected chi connectivity index (χ3v) is 3.11. The number of hydrogen-bond acceptors (Lipinski definition) is 2. The summed E-state index contributed by atoms with van der Waals surface area (Å²) in [6.45, 7) is 0. The van der Waals surface area contributed by atoms with Crippen molar-refractivity contribution in [1.29, 1.82) is 0 Å². The molecule has 1 aliphatic rings. The van der Waals surface area contributed by atoms with E-state index in [1.807, 2.05) is 0 Å². The van der Waals surface area contributed by atoms with Crippen LogP contribution in [-0.2, 0) is 17.6 Å². The molecule has 2 rings (SSSR count). The van der Waals surface area contributed by atoms with Crippen LogP contribution >= 0.6 is 0 Å². The smallest absolute Gasteiger partial charge is 0.324 e. The van der Waals surface area contributed by atoms with Gasteiger partial charge in [-0.25, -0.2) is 8.78 Å². The highest BCUT2D eigenvalue weighted by molar-refractivity contribution is 5.81. The van der Waals surface area contributed by atoms with Crippen LogP contribution in [0.5, 0.6) is 0 Å². The minimum absolute atomic E-state index is 0.172. The summed E-state index contributed by atoms with van der Waals surface area (Å²) >= 11 is 0. The molecule has 0 atom stereocenters. The van der Waals surface area contributed by atoms with Crippen molar-refractivity contribution >= 4 is 5.97 Å². The number of likely N-dealkylation sites (N-methyl/N-ethyl adjacent to an activating group) is 1. The van der Waals surface area contributed by atoms with Crippen LogP contribution in [-0.4, -0.2) is 23.7 Å². The summed E-state index contributed by atoms with van der Waals surface area (Å²) in [6, 6.07) is 2.15. The monoisotopic (exact) mass is 227 g/mol. The van der Waals surface area contributed by atoms with E-state index in [2.05, 4.69) is 5.32 Å². The minimum Gasteiger partial charge on any atom is -0.480 e. The predicted octanol–water partition coefficient (Wildman–Crippen LogP) is 1.11. The van der Waals surface area contributed by atoms with Gasteiger partial charge >= 0.3 is 5.97 Å². The Balaban J connectivity index is 2.44. The van der Waals surface area contributed by atoms with Crippen molar-refractivity contribution in [3.8, 4) is 0 Å². The molecule has 2 N–H and O–H groups in total. The fraction of sp³-hybridized carbons (Fsp3) is 0.364. The number of fused-ring (bicyclic) bond motifs is 1. The summed E-state index contributed by atoms with van der Waals surface area (Å²) in [7, 11) is 1.53. The molecule has 0 spiro atoms. The SMILES string of the molecule is CNC1(C(=O)O)Cc2cc(F)c(F)cc2C1. The van der Waals surface area contributed by atoms with Crippen molar-refractivity contribution in [2.45, 2.75) is 18.4 Å². The number of nitrogens with one attached hydrogen (secondary N) is 1. The summed E-state index contributed by atoms with van der Waals surface area (Å²) in [5.74, 6) is -2.88. The van der Waals surface area contributed by atoms with E-state index in [-0.39, 0.29) is 12.8 Å². The molecule has 1 aromatic rings. The van der Waals surface area contributed by atoms with Crippen LogP contribution in [0.15, 0.2) is 12.1 Å². The van der Waals surface area contributed by atoms with Gasteiger partial charge in [0.2, 0.25) is 0 Å². The maximum atomic E-state index is 13.0. The Hall–Kier alpha value is -1.49. The lowest BCUT2D eigenvalue weighted by Gasteiger charge is -2.22. The fourth-order valence-electron chi connectivity index (χ4n) is 2.11. The number of carbonyl (C=O) groups is 1. The summed E-state index contributed by atoms with van der Waals surface area (Å²) in [6.07, 6.45) is 0.344. The Labute approximate surface area is 91.1 Å². The highest BCUT2D eigenvalue weighted by atomic mass is 19.2. The van der Waals surface area contributed by atoms with E-state index >= 15 is 0 Å². The Kier molecular flexibility index (Phi) is 2.42. The number of hydrogen-bond donors (Lipinski definition) is 2. The number of carboxylic acids is 1. The first kappa shape index (κ1) is 11.0. The lowest BCUT2D eigenvalue weighted by atomic mass is 9.96. The van der Waals surface area contributed by atoms with Crippen LogP contribution < -0.4 is 5.32 Å². The Morgan fingerprint density at radius 3 is 2.06 bits per heavy atom. The van der Waals surface area contributed by atoms with Gasteiger partial charge in [-0.05, 0) is 30.3 Å². The van der Waals surface area contributed by atoms with E-state index in [1.54, 1.807) is 0 Å². The molecule has 0 saturated heterocycles. The second kappa shape index (κ2) is 3.52. The molecule has 0 saturated carbocycles. The number of carboxylic acid groups (broad SMARTS) is 1. The maximum Gasteiger partial charge on any atom is 0.324 e. The molecule has 3 nitrogen and oxygen atoms in total. The Morgan fingerprint density at radius 1 is 1.31 bits per heavy atom. The first-order valence-corrected chi connectivity index (χ1v) is 4.87. The van der Waals surface area contributed by atoms with Crippen molar-refractivity contribution in [3.63, 3.8) is 0 Å². The molecule has 16 heavy (non-hydrogen) atoms. The topological polar surface area (TPSA) is 49.3 Å². The van der Waals surface area contributed by atoms with Crippen LogP contribution in [0.3, 0.4) is 0 Å². The molecular weight excluding hydrogens is 216 g/mol. The highest BCUT2D eigenvalue weighted by Gasteiger charge is 2.43. The van der Waals surface area contributed by atoms with Crippen molar-refractivity contribution in [2.24, 2.45) is 0 Å². The van der Waals surface area contributed by atoms with E-state index in [1.165, 1.54) is 7.05 Å². The van der Waals surface area contributed by atoms with E-state index < -0.39 is 23.1 Å². The third kappa shape index (κ3) is 1.48. The largest absolute Gasteiger partial charge is 0.480 e. The first-order chi connectivity index (χ1) is 7.48. The molecule has 1 aliphatic carbocycles. The lowest BCUT2D eigenvalue weighted by molar-refractivity contribution is -0.144. The molecule has 5 heteroatoms. The van der Waals surface area contributed by atoms with Gasteiger partial charge in [0.15, 0.2) is 11.6 Å². The van der Waals surface area contributed by atoms with E-state index in [0.29, 0.717) is 11.1 Å². The summed E-state index contributed by atoms with van der Waals surface area (Å²) in [5.41, 5.74) is -0.0333. The number of aliphatic carboxylic acids is 1. The molecule has 0 amide bonds. The predicted molar refractivity (Wildman–Crippen MR) is 53.2 cm³/mol. The van der Waals surface area contributed by atoms with Crippen molar-refractivity contribution < 1.29 is 18.7 Å². The molecule has 0 fully saturated rings. The van der Waals surface area contributed by atoms with Crippen molar-refractivity contribution in [2.75, 3.05) is 7.05 Å². The average molecular weight is 227 g/mol. The fourth-order valence-corrected chi connectivity index (χ4v) is 2.11. The molecule has 0 bridgehead atoms. The zero-order valence-corrected chi connectivity index (χ0v) is 8.68. The molecular formula is C11H11F2NO2. The Morgan fingerprint density at radius 2 is 1.75 bits per heavy atom. The van der Waals surface area contributed by atoms with Crippen LogP contribution in [0.25, 0.3) is 0 Å². The van der Waals surface area contributed by atoms with Gasteiger partial charge in [0.05, 0.1) is 0 Å². The van der Waals surface area contributed by atoms with Gasteiger partial charge in [0.25, 0.3) is 0 Å². The zero-order chi connectivity index (χ0) is 11.9. The molecule has 0 aliphatic heterocycles. The summed E-state index contributed by atoms with van der Waals surface area (Å²) in [5, 5.41) is 11.8. The minimum atomic E-state index is -1.14. The van der Waals surface area contributed by atoms with Gasteiger partial charge in [-0.1, -0.05) is 0 Å². The number of halogens is 2. The third-order valence-electron chi connectivity index (χ3n) is 3.11. The summed E-state index contributed by atoms with van der Waals surface area (Å²) in [4.78, 5) is 11.1. The average Bonchev–Trinajstić information content (AvgIpc) is 2.58. The molecule has 1 aromatic carbocycles. The Bertz CT molecular complexity index is 429. The van der Waals surface area contributed by atoms with E-state index in [9.17, 15) is 13.6 Å². The number of rotatable bonds is 2. The second-order valence-corrected chi connectivity index (χ2v) is 4.03. The number of benzene rings is 1. The zero-order valence-electron chi connectivity index (χ0n) is 8.68. The van der Waals surface area contributed by atoms with Gasteiger partial charge < -0.3 is 10.4 Å². The van der Waals surface area contributed by atoms with Crippen LogP contribution in [0.2, 0.25) is 0 Å². The molecule has 86 valence electrons. The normalized spacial score (nSPS) is 17.2. The first-order valence-electron chi connectivity index (χ1n) is 4.87. The molecule has 0 unspecified atom stereocenters. The molecule has 0 radical (unpaired) electrons. The van der Waals surface area contributed by atoms with Crippen LogP contribution in [0, 0.1) is 11.6 Å². The molecule has 0 aromatic heterocycles. The van der Waals surface area contributed by atoms with Gasteiger partial charge in [0.1, 0.15) is 5.54 Å². The van der Waals surface area contributed by atoms with Crippen molar-refractivity contribution in [3.05, 3.63) is 34.9 Å². The standard InChI is InChI=1S/C11H11F2NO2/c1-14-11(10(15)16)4-6-2-8(12)9(13)3-7(6)5-11/h2-3,14H,4-5H2,1H3,(H,15,16). The van der Waals surface area contributed by atoms with Crippen LogP contribution in [0.1, 0.15) is 11.1 Å². The van der Waals surface area contributed by atoms with Gasteiger partial charge in [0, 0.05) is 12.8 Å². The maximum absolute atomic E-state index is 13.0. The quantitative estimate of drug-likeness (QED) is 0.795. The van der Waals surface area contributed by atoms with E-state index in [0.717, 1.165) is 12.1 Å². The van der Waals surface area contributed by atoms with Crippen LogP contribution in [0.4, 0.5) is 8.78 Å². The van der Waals surface area contributed by atoms with Gasteiger partial charge in [-0.15, -0.1) is 0 Å². The van der Waals surface area contributed by atoms with E-state index in [4.69, 9.17) is 5.11 Å². The molecule has 0 heterocycles.